The van der Waals surface area contributed by atoms with Crippen LogP contribution in [0, 0.1) is 5.82 Å². The van der Waals surface area contributed by atoms with Crippen molar-refractivity contribution < 1.29 is 9.18 Å². The van der Waals surface area contributed by atoms with Crippen molar-refractivity contribution in [1.29, 1.82) is 0 Å². The van der Waals surface area contributed by atoms with E-state index in [2.05, 4.69) is 16.8 Å². The molecule has 0 spiro atoms. The third-order valence-electron chi connectivity index (χ3n) is 3.61. The summed E-state index contributed by atoms with van der Waals surface area (Å²) in [5.74, 6) is 0.360. The second-order valence-corrected chi connectivity index (χ2v) is 6.81. The van der Waals surface area contributed by atoms with Crippen molar-refractivity contribution >= 4 is 29.1 Å². The molecule has 0 bridgehead atoms. The van der Waals surface area contributed by atoms with E-state index in [1.165, 1.54) is 36.0 Å². The van der Waals surface area contributed by atoms with Gasteiger partial charge in [-0.05, 0) is 36.4 Å². The second-order valence-electron chi connectivity index (χ2n) is 5.43. The maximum absolute atomic E-state index is 13.0. The zero-order valence-electron chi connectivity index (χ0n) is 13.7. The van der Waals surface area contributed by atoms with E-state index in [-0.39, 0.29) is 17.4 Å². The van der Waals surface area contributed by atoms with E-state index >= 15 is 0 Å². The minimum absolute atomic E-state index is 0.104. The van der Waals surface area contributed by atoms with Crippen molar-refractivity contribution in [3.05, 3.63) is 77.6 Å². The van der Waals surface area contributed by atoms with E-state index in [0.717, 1.165) is 5.56 Å². The molecule has 26 heavy (non-hydrogen) atoms. The van der Waals surface area contributed by atoms with Crippen molar-refractivity contribution in [2.24, 2.45) is 0 Å². The van der Waals surface area contributed by atoms with Crippen LogP contribution in [0.15, 0.2) is 66.3 Å². The van der Waals surface area contributed by atoms with Crippen LogP contribution in [0.5, 0.6) is 0 Å². The van der Waals surface area contributed by atoms with Crippen molar-refractivity contribution in [2.75, 3.05) is 5.75 Å². The third-order valence-corrected chi connectivity index (χ3v) is 4.81. The zero-order chi connectivity index (χ0) is 18.5. The summed E-state index contributed by atoms with van der Waals surface area (Å²) >= 11 is 7.34. The zero-order valence-corrected chi connectivity index (χ0v) is 15.3. The first-order valence-corrected chi connectivity index (χ1v) is 9.16. The molecule has 0 unspecified atom stereocenters. The van der Waals surface area contributed by atoms with Gasteiger partial charge in [-0.15, -0.1) is 16.8 Å². The largest absolute Gasteiger partial charge is 0.298 e. The van der Waals surface area contributed by atoms with Gasteiger partial charge >= 0.3 is 0 Å². The standard InChI is InChI=1S/C19H15ClFN3OS/c1-2-10-24-18(14-4-3-5-15(20)11-14)22-23-19(24)26-12-17(25)13-6-8-16(21)9-7-13/h2-9,11H,1,10,12H2. The molecule has 0 atom stereocenters. The molecule has 0 aliphatic carbocycles. The molecule has 0 saturated carbocycles. The Labute approximate surface area is 159 Å². The molecule has 2 aromatic carbocycles. The van der Waals surface area contributed by atoms with Gasteiger partial charge < -0.3 is 0 Å². The van der Waals surface area contributed by atoms with Crippen LogP contribution in [0.3, 0.4) is 0 Å². The highest BCUT2D eigenvalue weighted by atomic mass is 35.5. The number of carbonyl (C=O) groups excluding carboxylic acids is 1. The lowest BCUT2D eigenvalue weighted by molar-refractivity contribution is 0.102. The lowest BCUT2D eigenvalue weighted by atomic mass is 10.1. The number of halogens is 2. The van der Waals surface area contributed by atoms with E-state index in [9.17, 15) is 9.18 Å². The van der Waals surface area contributed by atoms with E-state index in [0.29, 0.717) is 28.1 Å². The second kappa shape index (κ2) is 8.29. The number of carbonyl (C=O) groups is 1. The van der Waals surface area contributed by atoms with Crippen LogP contribution in [0.25, 0.3) is 11.4 Å². The Morgan fingerprint density at radius 3 is 2.69 bits per heavy atom. The molecule has 3 rings (SSSR count). The van der Waals surface area contributed by atoms with Crippen LogP contribution >= 0.6 is 23.4 Å². The number of nitrogens with zero attached hydrogens (tertiary/aromatic N) is 3. The van der Waals surface area contributed by atoms with Crippen LogP contribution in [-0.2, 0) is 6.54 Å². The Morgan fingerprint density at radius 2 is 2.00 bits per heavy atom. The van der Waals surface area contributed by atoms with E-state index in [4.69, 9.17) is 11.6 Å². The van der Waals surface area contributed by atoms with Crippen molar-refractivity contribution in [1.82, 2.24) is 14.8 Å². The number of ketones is 1. The number of allylic oxidation sites excluding steroid dienone is 1. The fourth-order valence-corrected chi connectivity index (χ4v) is 3.41. The predicted molar refractivity (Wildman–Crippen MR) is 102 cm³/mol. The number of aromatic nitrogens is 3. The van der Waals surface area contributed by atoms with Gasteiger partial charge in [0.1, 0.15) is 5.82 Å². The van der Waals surface area contributed by atoms with Crippen LogP contribution < -0.4 is 0 Å². The Morgan fingerprint density at radius 1 is 1.23 bits per heavy atom. The Hall–Kier alpha value is -2.44. The minimum Gasteiger partial charge on any atom is -0.298 e. The molecule has 0 N–H and O–H groups in total. The van der Waals surface area contributed by atoms with Crippen molar-refractivity contribution in [3.8, 4) is 11.4 Å². The molecule has 0 amide bonds. The number of rotatable bonds is 7. The van der Waals surface area contributed by atoms with Crippen LogP contribution in [0.2, 0.25) is 5.02 Å². The number of thioether (sulfide) groups is 1. The summed E-state index contributed by atoms with van der Waals surface area (Å²) in [4.78, 5) is 12.3. The maximum Gasteiger partial charge on any atom is 0.192 e. The van der Waals surface area contributed by atoms with Gasteiger partial charge in [0, 0.05) is 22.7 Å². The quantitative estimate of drug-likeness (QED) is 0.328. The smallest absolute Gasteiger partial charge is 0.192 e. The molecule has 4 nitrogen and oxygen atoms in total. The van der Waals surface area contributed by atoms with E-state index < -0.39 is 0 Å². The average molecular weight is 388 g/mol. The Balaban J connectivity index is 1.80. The maximum atomic E-state index is 13.0. The molecule has 0 saturated heterocycles. The lowest BCUT2D eigenvalue weighted by Gasteiger charge is -2.08. The van der Waals surface area contributed by atoms with Crippen LogP contribution in [0.1, 0.15) is 10.4 Å². The fraction of sp³-hybridized carbons (Fsp3) is 0.105. The van der Waals surface area contributed by atoms with Gasteiger partial charge in [0.2, 0.25) is 0 Å². The molecular formula is C19H15ClFN3OS. The number of Topliss-reactive ketones (excluding diaryl/α,β-unsaturated/α-hetero) is 1. The lowest BCUT2D eigenvalue weighted by Crippen LogP contribution is -2.05. The first kappa shape index (κ1) is 18.4. The molecule has 7 heteroatoms. The monoisotopic (exact) mass is 387 g/mol. The first-order valence-electron chi connectivity index (χ1n) is 7.80. The van der Waals surface area contributed by atoms with Crippen LogP contribution in [-0.4, -0.2) is 26.3 Å². The van der Waals surface area contributed by atoms with Crippen LogP contribution in [0.4, 0.5) is 4.39 Å². The van der Waals surface area contributed by atoms with Gasteiger partial charge in [-0.25, -0.2) is 4.39 Å². The summed E-state index contributed by atoms with van der Waals surface area (Å²) in [7, 11) is 0. The molecular weight excluding hydrogens is 373 g/mol. The van der Waals surface area contributed by atoms with Gasteiger partial charge in [0.05, 0.1) is 5.75 Å². The molecule has 0 fully saturated rings. The fourth-order valence-electron chi connectivity index (χ4n) is 2.38. The summed E-state index contributed by atoms with van der Waals surface area (Å²) in [6.45, 7) is 4.27. The van der Waals surface area contributed by atoms with Gasteiger partial charge in [-0.1, -0.05) is 41.6 Å². The van der Waals surface area contributed by atoms with Gasteiger partial charge in [-0.2, -0.15) is 0 Å². The molecule has 0 aliphatic rings. The van der Waals surface area contributed by atoms with Gasteiger partial charge in [0.25, 0.3) is 0 Å². The molecule has 0 aliphatic heterocycles. The average Bonchev–Trinajstić information content (AvgIpc) is 3.03. The number of hydrogen-bond donors (Lipinski definition) is 0. The molecule has 1 heterocycles. The highest BCUT2D eigenvalue weighted by molar-refractivity contribution is 7.99. The normalized spacial score (nSPS) is 10.7. The minimum atomic E-state index is -0.369. The predicted octanol–water partition coefficient (Wildman–Crippen LogP) is 4.90. The Bertz CT molecular complexity index is 940. The topological polar surface area (TPSA) is 47.8 Å². The number of benzene rings is 2. The molecule has 0 radical (unpaired) electrons. The third kappa shape index (κ3) is 4.20. The number of hydrogen-bond acceptors (Lipinski definition) is 4. The van der Waals surface area contributed by atoms with Crippen molar-refractivity contribution in [3.63, 3.8) is 0 Å². The summed E-state index contributed by atoms with van der Waals surface area (Å²) in [5.41, 5.74) is 1.30. The molecule has 3 aromatic rings. The van der Waals surface area contributed by atoms with Crippen molar-refractivity contribution in [2.45, 2.75) is 11.7 Å². The van der Waals surface area contributed by atoms with E-state index in [1.807, 2.05) is 22.8 Å². The van der Waals surface area contributed by atoms with Gasteiger partial charge in [0.15, 0.2) is 16.8 Å². The molecule has 132 valence electrons. The summed E-state index contributed by atoms with van der Waals surface area (Å²) < 4.78 is 14.9. The summed E-state index contributed by atoms with van der Waals surface area (Å²) in [6.07, 6.45) is 1.74. The molecule has 1 aromatic heterocycles. The first-order chi connectivity index (χ1) is 12.6. The SMILES string of the molecule is C=CCn1c(SCC(=O)c2ccc(F)cc2)nnc1-c1cccc(Cl)c1. The van der Waals surface area contributed by atoms with E-state index in [1.54, 1.807) is 12.1 Å². The van der Waals surface area contributed by atoms with Gasteiger partial charge in [-0.3, -0.25) is 9.36 Å². The summed E-state index contributed by atoms with van der Waals surface area (Å²) in [6, 6.07) is 12.8. The highest BCUT2D eigenvalue weighted by Gasteiger charge is 2.16. The highest BCUT2D eigenvalue weighted by Crippen LogP contribution is 2.26. The Kier molecular flexibility index (Phi) is 5.85. The summed E-state index contributed by atoms with van der Waals surface area (Å²) in [5, 5.41) is 9.64.